The number of benzene rings is 3. The quantitative estimate of drug-likeness (QED) is 0.337. The molecule has 0 bridgehead atoms. The molecule has 3 nitrogen and oxygen atoms in total. The second-order valence-corrected chi connectivity index (χ2v) is 7.88. The molecule has 0 N–H and O–H groups in total. The number of rotatable bonds is 4. The van der Waals surface area contributed by atoms with Crippen LogP contribution in [0.4, 0.5) is 4.39 Å². The van der Waals surface area contributed by atoms with Crippen LogP contribution in [0.15, 0.2) is 81.7 Å². The number of aromatic nitrogens is 3. The van der Waals surface area contributed by atoms with E-state index in [2.05, 4.69) is 42.1 Å². The highest BCUT2D eigenvalue weighted by Crippen LogP contribution is 2.29. The lowest BCUT2D eigenvalue weighted by Crippen LogP contribution is -2.05. The van der Waals surface area contributed by atoms with Gasteiger partial charge in [-0.2, -0.15) is 0 Å². The van der Waals surface area contributed by atoms with Gasteiger partial charge in [0.25, 0.3) is 0 Å². The van der Waals surface area contributed by atoms with Crippen molar-refractivity contribution in [2.24, 2.45) is 0 Å². The molecule has 1 aromatic heterocycles. The van der Waals surface area contributed by atoms with Gasteiger partial charge in [0.2, 0.25) is 0 Å². The SMILES string of the molecule is Fc1cc(Br)ccc1-c1nnc(-c2ccc(Br)cc2)n1Cc1ccccc1. The molecule has 0 aliphatic carbocycles. The molecule has 4 aromatic rings. The van der Waals surface area contributed by atoms with Crippen molar-refractivity contribution in [3.63, 3.8) is 0 Å². The van der Waals surface area contributed by atoms with Gasteiger partial charge in [-0.3, -0.25) is 0 Å². The van der Waals surface area contributed by atoms with E-state index in [9.17, 15) is 4.39 Å². The first-order valence-corrected chi connectivity index (χ1v) is 9.89. The van der Waals surface area contributed by atoms with Crippen molar-refractivity contribution in [2.45, 2.75) is 6.54 Å². The van der Waals surface area contributed by atoms with Gasteiger partial charge in [0.15, 0.2) is 11.6 Å². The van der Waals surface area contributed by atoms with Crippen LogP contribution in [0.3, 0.4) is 0 Å². The highest BCUT2D eigenvalue weighted by Gasteiger charge is 2.18. The number of halogens is 3. The lowest BCUT2D eigenvalue weighted by molar-refractivity contribution is 0.627. The summed E-state index contributed by atoms with van der Waals surface area (Å²) in [6.45, 7) is 0.546. The minimum Gasteiger partial charge on any atom is -0.302 e. The van der Waals surface area contributed by atoms with Gasteiger partial charge in [0.05, 0.1) is 12.1 Å². The topological polar surface area (TPSA) is 30.7 Å². The van der Waals surface area contributed by atoms with Crippen molar-refractivity contribution < 1.29 is 4.39 Å². The van der Waals surface area contributed by atoms with Gasteiger partial charge in [-0.15, -0.1) is 10.2 Å². The Hall–Kier alpha value is -2.31. The van der Waals surface area contributed by atoms with Crippen LogP contribution in [0.25, 0.3) is 22.8 Å². The molecule has 0 radical (unpaired) electrons. The normalized spacial score (nSPS) is 10.9. The van der Waals surface area contributed by atoms with Crippen molar-refractivity contribution in [2.75, 3.05) is 0 Å². The van der Waals surface area contributed by atoms with E-state index < -0.39 is 0 Å². The van der Waals surface area contributed by atoms with E-state index in [-0.39, 0.29) is 5.82 Å². The Labute approximate surface area is 173 Å². The third kappa shape index (κ3) is 3.87. The van der Waals surface area contributed by atoms with Crippen molar-refractivity contribution in [3.05, 3.63) is 93.1 Å². The number of hydrogen-bond acceptors (Lipinski definition) is 2. The Kier molecular flexibility index (Phi) is 5.18. The molecule has 0 unspecified atom stereocenters. The van der Waals surface area contributed by atoms with Gasteiger partial charge >= 0.3 is 0 Å². The minimum atomic E-state index is -0.339. The van der Waals surface area contributed by atoms with Gasteiger partial charge in [-0.1, -0.05) is 74.3 Å². The van der Waals surface area contributed by atoms with E-state index in [1.165, 1.54) is 6.07 Å². The molecule has 0 fully saturated rings. The first-order valence-electron chi connectivity index (χ1n) is 8.30. The Bertz CT molecular complexity index is 1080. The fourth-order valence-corrected chi connectivity index (χ4v) is 3.50. The summed E-state index contributed by atoms with van der Waals surface area (Å²) in [6, 6.07) is 22.8. The zero-order valence-corrected chi connectivity index (χ0v) is 17.3. The molecule has 0 saturated carbocycles. The number of nitrogens with zero attached hydrogens (tertiary/aromatic N) is 3. The Balaban J connectivity index is 1.87. The lowest BCUT2D eigenvalue weighted by atomic mass is 10.1. The van der Waals surface area contributed by atoms with Crippen molar-refractivity contribution >= 4 is 31.9 Å². The van der Waals surface area contributed by atoms with Crippen molar-refractivity contribution in [1.29, 1.82) is 0 Å². The average molecular weight is 487 g/mol. The summed E-state index contributed by atoms with van der Waals surface area (Å²) in [5.41, 5.74) is 2.44. The summed E-state index contributed by atoms with van der Waals surface area (Å²) in [5.74, 6) is 0.860. The van der Waals surface area contributed by atoms with Crippen LogP contribution in [-0.4, -0.2) is 14.8 Å². The highest BCUT2D eigenvalue weighted by molar-refractivity contribution is 9.10. The number of hydrogen-bond donors (Lipinski definition) is 0. The molecular weight excluding hydrogens is 473 g/mol. The van der Waals surface area contributed by atoms with E-state index in [0.29, 0.717) is 28.2 Å². The summed E-state index contributed by atoms with van der Waals surface area (Å²) >= 11 is 6.75. The molecule has 0 amide bonds. The van der Waals surface area contributed by atoms with Gasteiger partial charge in [-0.25, -0.2) is 4.39 Å². The maximum absolute atomic E-state index is 14.6. The summed E-state index contributed by atoms with van der Waals surface area (Å²) in [4.78, 5) is 0. The second-order valence-electron chi connectivity index (χ2n) is 6.05. The molecule has 27 heavy (non-hydrogen) atoms. The van der Waals surface area contributed by atoms with Gasteiger partial charge in [0.1, 0.15) is 5.82 Å². The van der Waals surface area contributed by atoms with Crippen molar-refractivity contribution in [3.8, 4) is 22.8 Å². The van der Waals surface area contributed by atoms with Crippen LogP contribution in [0.5, 0.6) is 0 Å². The van der Waals surface area contributed by atoms with Crippen LogP contribution in [0.1, 0.15) is 5.56 Å². The highest BCUT2D eigenvalue weighted by atomic mass is 79.9. The molecule has 134 valence electrons. The standard InChI is InChI=1S/C21H14Br2FN3/c22-16-8-6-15(7-9-16)20-25-26-21(18-11-10-17(23)12-19(18)24)27(20)13-14-4-2-1-3-5-14/h1-12H,13H2. The molecule has 0 saturated heterocycles. The van der Waals surface area contributed by atoms with Crippen LogP contribution in [0, 0.1) is 5.82 Å². The van der Waals surface area contributed by atoms with Crippen LogP contribution < -0.4 is 0 Å². The molecule has 0 atom stereocenters. The van der Waals surface area contributed by atoms with Gasteiger partial charge in [0, 0.05) is 14.5 Å². The Morgan fingerprint density at radius 1 is 0.778 bits per heavy atom. The monoisotopic (exact) mass is 485 g/mol. The predicted octanol–water partition coefficient (Wildman–Crippen LogP) is 6.32. The maximum atomic E-state index is 14.6. The van der Waals surface area contributed by atoms with E-state index in [1.54, 1.807) is 12.1 Å². The first-order chi connectivity index (χ1) is 13.1. The molecule has 0 aliphatic rings. The Morgan fingerprint density at radius 2 is 1.44 bits per heavy atom. The Morgan fingerprint density at radius 3 is 2.15 bits per heavy atom. The van der Waals surface area contributed by atoms with E-state index in [0.717, 1.165) is 15.6 Å². The smallest absolute Gasteiger partial charge is 0.167 e. The van der Waals surface area contributed by atoms with Gasteiger partial charge < -0.3 is 4.57 Å². The fraction of sp³-hybridized carbons (Fsp3) is 0.0476. The van der Waals surface area contributed by atoms with E-state index in [4.69, 9.17) is 0 Å². The lowest BCUT2D eigenvalue weighted by Gasteiger charge is -2.12. The van der Waals surface area contributed by atoms with E-state index in [1.807, 2.05) is 59.2 Å². The first kappa shape index (κ1) is 18.1. The summed E-state index contributed by atoms with van der Waals surface area (Å²) < 4.78 is 18.2. The zero-order valence-electron chi connectivity index (χ0n) is 14.1. The molecule has 0 aliphatic heterocycles. The molecule has 3 aromatic carbocycles. The maximum Gasteiger partial charge on any atom is 0.167 e. The van der Waals surface area contributed by atoms with Crippen LogP contribution in [-0.2, 0) is 6.54 Å². The van der Waals surface area contributed by atoms with Gasteiger partial charge in [-0.05, 0) is 35.9 Å². The van der Waals surface area contributed by atoms with Crippen LogP contribution >= 0.6 is 31.9 Å². The molecular formula is C21H14Br2FN3. The fourth-order valence-electron chi connectivity index (χ4n) is 2.90. The van der Waals surface area contributed by atoms with E-state index >= 15 is 0 Å². The summed E-state index contributed by atoms with van der Waals surface area (Å²) in [6.07, 6.45) is 0. The molecule has 1 heterocycles. The molecule has 0 spiro atoms. The third-order valence-corrected chi connectivity index (χ3v) is 5.23. The largest absolute Gasteiger partial charge is 0.302 e. The predicted molar refractivity (Wildman–Crippen MR) is 112 cm³/mol. The summed E-state index contributed by atoms with van der Waals surface area (Å²) in [5, 5.41) is 8.69. The van der Waals surface area contributed by atoms with Crippen molar-refractivity contribution in [1.82, 2.24) is 14.8 Å². The zero-order chi connectivity index (χ0) is 18.8. The van der Waals surface area contributed by atoms with Crippen LogP contribution in [0.2, 0.25) is 0 Å². The average Bonchev–Trinajstić information content (AvgIpc) is 3.06. The third-order valence-electron chi connectivity index (χ3n) is 4.21. The minimum absolute atomic E-state index is 0.339. The molecule has 4 rings (SSSR count). The second kappa shape index (κ2) is 7.74. The summed E-state index contributed by atoms with van der Waals surface area (Å²) in [7, 11) is 0. The molecule has 6 heteroatoms.